The maximum Gasteiger partial charge on any atom is 0.219 e. The average molecular weight is 389 g/mol. The largest absolute Gasteiger partial charge is 0.829 e. The molecule has 0 unspecified atom stereocenters. The zero-order chi connectivity index (χ0) is 20.2. The standard InChI is InChI=1S/C20H38NO6/c1-3-4-5-6-7-8-9-10-11-12-13-21(15(2)23)17-19(25)18(24)16(14-22)27-20(17)26/h16-20,22,24-25H,3-14H2,1-2H3/q-1/t16-,17-,18-,19-,20+/m1/s1. The molecule has 0 aliphatic carbocycles. The molecule has 0 aromatic carbocycles. The Hall–Kier alpha value is -0.730. The van der Waals surface area contributed by atoms with Gasteiger partial charge in [0.25, 0.3) is 0 Å². The molecule has 7 nitrogen and oxygen atoms in total. The van der Waals surface area contributed by atoms with E-state index in [1.165, 1.54) is 56.8 Å². The summed E-state index contributed by atoms with van der Waals surface area (Å²) in [5.74, 6) is -0.325. The van der Waals surface area contributed by atoms with Gasteiger partial charge in [0.15, 0.2) is 0 Å². The molecule has 1 aliphatic rings. The number of hydrogen-bond acceptors (Lipinski definition) is 6. The molecule has 1 saturated heterocycles. The first-order chi connectivity index (χ1) is 12.9. The Morgan fingerprint density at radius 1 is 0.963 bits per heavy atom. The summed E-state index contributed by atoms with van der Waals surface area (Å²) in [6.45, 7) is 3.36. The van der Waals surface area contributed by atoms with Crippen LogP contribution in [-0.4, -0.2) is 69.9 Å². The van der Waals surface area contributed by atoms with Crippen LogP contribution in [0, 0.1) is 0 Å². The van der Waals surface area contributed by atoms with Gasteiger partial charge in [0.1, 0.15) is 18.3 Å². The Kier molecular flexibility index (Phi) is 12.1. The molecule has 160 valence electrons. The summed E-state index contributed by atoms with van der Waals surface area (Å²) < 4.78 is 5.05. The van der Waals surface area contributed by atoms with Crippen LogP contribution in [0.2, 0.25) is 0 Å². The molecule has 0 saturated carbocycles. The van der Waals surface area contributed by atoms with Crippen LogP contribution in [0.4, 0.5) is 0 Å². The molecule has 3 N–H and O–H groups in total. The van der Waals surface area contributed by atoms with E-state index in [4.69, 9.17) is 9.84 Å². The van der Waals surface area contributed by atoms with Crippen LogP contribution in [0.25, 0.3) is 0 Å². The van der Waals surface area contributed by atoms with Gasteiger partial charge in [0, 0.05) is 19.8 Å². The van der Waals surface area contributed by atoms with E-state index in [0.717, 1.165) is 19.3 Å². The second kappa shape index (κ2) is 13.4. The van der Waals surface area contributed by atoms with Gasteiger partial charge in [-0.3, -0.25) is 4.79 Å². The van der Waals surface area contributed by atoms with Crippen LogP contribution in [0.5, 0.6) is 0 Å². The molecule has 0 radical (unpaired) electrons. The van der Waals surface area contributed by atoms with E-state index in [-0.39, 0.29) is 5.91 Å². The molecule has 1 aliphatic heterocycles. The van der Waals surface area contributed by atoms with E-state index in [1.54, 1.807) is 0 Å². The Morgan fingerprint density at radius 3 is 1.96 bits per heavy atom. The number of rotatable bonds is 13. The lowest BCUT2D eigenvalue weighted by Gasteiger charge is -2.50. The van der Waals surface area contributed by atoms with Crippen LogP contribution in [-0.2, 0) is 9.53 Å². The van der Waals surface area contributed by atoms with E-state index >= 15 is 0 Å². The van der Waals surface area contributed by atoms with E-state index in [9.17, 15) is 20.1 Å². The maximum atomic E-state index is 12.2. The maximum absolute atomic E-state index is 12.2. The zero-order valence-electron chi connectivity index (χ0n) is 16.9. The fraction of sp³-hybridized carbons (Fsp3) is 0.950. The van der Waals surface area contributed by atoms with Crippen molar-refractivity contribution in [2.45, 2.75) is 109 Å². The number of carbonyl (C=O) groups is 1. The smallest absolute Gasteiger partial charge is 0.219 e. The molecular formula is C20H38NO6-. The third-order valence-corrected chi connectivity index (χ3v) is 5.37. The van der Waals surface area contributed by atoms with Gasteiger partial charge in [-0.15, -0.1) is 0 Å². The lowest BCUT2D eigenvalue weighted by molar-refractivity contribution is -0.525. The van der Waals surface area contributed by atoms with Gasteiger partial charge in [0.2, 0.25) is 5.91 Å². The van der Waals surface area contributed by atoms with Crippen molar-refractivity contribution in [3.8, 4) is 0 Å². The van der Waals surface area contributed by atoms with Crippen LogP contribution >= 0.6 is 0 Å². The van der Waals surface area contributed by atoms with E-state index in [2.05, 4.69) is 6.92 Å². The first kappa shape index (κ1) is 24.3. The van der Waals surface area contributed by atoms with Crippen LogP contribution < -0.4 is 5.11 Å². The second-order valence-corrected chi connectivity index (χ2v) is 7.59. The number of ether oxygens (including phenoxy) is 1. The number of aliphatic hydroxyl groups is 3. The van der Waals surface area contributed by atoms with Crippen molar-refractivity contribution in [3.63, 3.8) is 0 Å². The number of amides is 1. The van der Waals surface area contributed by atoms with Gasteiger partial charge in [0.05, 0.1) is 12.6 Å². The highest BCUT2D eigenvalue weighted by molar-refractivity contribution is 5.73. The molecule has 7 heteroatoms. The van der Waals surface area contributed by atoms with Gasteiger partial charge >= 0.3 is 0 Å². The van der Waals surface area contributed by atoms with Crippen molar-refractivity contribution in [1.82, 2.24) is 4.90 Å². The summed E-state index contributed by atoms with van der Waals surface area (Å²) in [7, 11) is 0. The number of aliphatic hydroxyl groups excluding tert-OH is 3. The molecule has 0 bridgehead atoms. The predicted octanol–water partition coefficient (Wildman–Crippen LogP) is 0.924. The Labute approximate surface area is 163 Å². The first-order valence-corrected chi connectivity index (χ1v) is 10.5. The SMILES string of the molecule is CCCCCCCCCCCCN(C(C)=O)[C@@H]1[C@@H](O)[C@H](O)[C@@H](CO)O[C@@H]1[O-]. The summed E-state index contributed by atoms with van der Waals surface area (Å²) in [4.78, 5) is 13.3. The summed E-state index contributed by atoms with van der Waals surface area (Å²) >= 11 is 0. The topological polar surface area (TPSA) is 113 Å². The first-order valence-electron chi connectivity index (χ1n) is 10.5. The summed E-state index contributed by atoms with van der Waals surface area (Å²) in [6.07, 6.45) is 6.01. The van der Waals surface area contributed by atoms with Crippen molar-refractivity contribution in [3.05, 3.63) is 0 Å². The highest BCUT2D eigenvalue weighted by atomic mass is 16.6. The highest BCUT2D eigenvalue weighted by Crippen LogP contribution is 2.23. The number of hydrogen-bond donors (Lipinski definition) is 3. The van der Waals surface area contributed by atoms with Gasteiger partial charge in [-0.05, 0) is 6.42 Å². The molecule has 0 spiro atoms. The molecule has 27 heavy (non-hydrogen) atoms. The monoisotopic (exact) mass is 388 g/mol. The minimum Gasteiger partial charge on any atom is -0.829 e. The van der Waals surface area contributed by atoms with E-state index < -0.39 is 37.3 Å². The third-order valence-electron chi connectivity index (χ3n) is 5.37. The molecule has 0 aromatic heterocycles. The van der Waals surface area contributed by atoms with E-state index in [0.29, 0.717) is 6.54 Å². The quantitative estimate of drug-likeness (QED) is 0.405. The molecule has 0 aromatic rings. The lowest BCUT2D eigenvalue weighted by atomic mass is 9.95. The van der Waals surface area contributed by atoms with E-state index in [1.807, 2.05) is 0 Å². The Morgan fingerprint density at radius 2 is 1.48 bits per heavy atom. The normalized spacial score (nSPS) is 28.3. The van der Waals surface area contributed by atoms with Crippen molar-refractivity contribution < 1.29 is 30.0 Å². The molecule has 5 atom stereocenters. The van der Waals surface area contributed by atoms with Crippen LogP contribution in [0.3, 0.4) is 0 Å². The van der Waals surface area contributed by atoms with Gasteiger partial charge in [-0.2, -0.15) is 0 Å². The lowest BCUT2D eigenvalue weighted by Crippen LogP contribution is -2.68. The molecule has 1 fully saturated rings. The fourth-order valence-electron chi connectivity index (χ4n) is 3.68. The van der Waals surface area contributed by atoms with Gasteiger partial charge in [-0.1, -0.05) is 64.7 Å². The molecular weight excluding hydrogens is 350 g/mol. The molecule has 1 heterocycles. The van der Waals surface area contributed by atoms with Crippen molar-refractivity contribution in [2.24, 2.45) is 0 Å². The second-order valence-electron chi connectivity index (χ2n) is 7.59. The number of nitrogens with zero attached hydrogens (tertiary/aromatic N) is 1. The molecule has 1 rings (SSSR count). The third kappa shape index (κ3) is 8.03. The number of unbranched alkanes of at least 4 members (excludes halogenated alkanes) is 9. The Balaban J connectivity index is 2.34. The predicted molar refractivity (Wildman–Crippen MR) is 101 cm³/mol. The van der Waals surface area contributed by atoms with Crippen LogP contribution in [0.1, 0.15) is 78.1 Å². The molecule has 1 amide bonds. The Bertz CT molecular complexity index is 408. The number of carbonyl (C=O) groups excluding carboxylic acids is 1. The zero-order valence-corrected chi connectivity index (χ0v) is 16.9. The van der Waals surface area contributed by atoms with Gasteiger partial charge < -0.3 is 30.1 Å². The summed E-state index contributed by atoms with van der Waals surface area (Å²) in [5.41, 5.74) is 0. The van der Waals surface area contributed by atoms with Crippen molar-refractivity contribution >= 4 is 5.91 Å². The van der Waals surface area contributed by atoms with Crippen LogP contribution in [0.15, 0.2) is 0 Å². The van der Waals surface area contributed by atoms with Crippen molar-refractivity contribution in [1.29, 1.82) is 0 Å². The minimum atomic E-state index is -1.69. The summed E-state index contributed by atoms with van der Waals surface area (Å²) in [5, 5.41) is 41.6. The van der Waals surface area contributed by atoms with Crippen molar-refractivity contribution in [2.75, 3.05) is 13.2 Å². The fourth-order valence-corrected chi connectivity index (χ4v) is 3.68. The minimum absolute atomic E-state index is 0.325. The average Bonchev–Trinajstić information content (AvgIpc) is 2.64. The highest BCUT2D eigenvalue weighted by Gasteiger charge is 2.43. The summed E-state index contributed by atoms with van der Waals surface area (Å²) in [6, 6.07) is -1.14. The van der Waals surface area contributed by atoms with Gasteiger partial charge in [-0.25, -0.2) is 0 Å².